The van der Waals surface area contributed by atoms with E-state index in [2.05, 4.69) is 44.7 Å². The first-order valence-corrected chi connectivity index (χ1v) is 11.3. The molecule has 2 amide bonds. The Hall–Kier alpha value is -3.16. The van der Waals surface area contributed by atoms with E-state index < -0.39 is 0 Å². The molecule has 3 aromatic rings. The van der Waals surface area contributed by atoms with Crippen molar-refractivity contribution < 1.29 is 9.59 Å². The molecule has 2 N–H and O–H groups in total. The van der Waals surface area contributed by atoms with Crippen LogP contribution in [0.2, 0.25) is 0 Å². The van der Waals surface area contributed by atoms with Crippen LogP contribution in [-0.2, 0) is 0 Å². The highest BCUT2D eigenvalue weighted by Gasteiger charge is 2.17. The minimum absolute atomic E-state index is 0.0981. The first-order valence-electron chi connectivity index (χ1n) is 10.4. The summed E-state index contributed by atoms with van der Waals surface area (Å²) < 4.78 is 0. The van der Waals surface area contributed by atoms with Gasteiger partial charge in [0, 0.05) is 56.2 Å². The second-order valence-electron chi connectivity index (χ2n) is 7.43. The van der Waals surface area contributed by atoms with Gasteiger partial charge in [0.1, 0.15) is 0 Å². The molecule has 6 nitrogen and oxygen atoms in total. The summed E-state index contributed by atoms with van der Waals surface area (Å²) in [5.41, 5.74) is 2.53. The number of thiophene rings is 1. The molecule has 0 aliphatic carbocycles. The van der Waals surface area contributed by atoms with Crippen molar-refractivity contribution in [3.63, 3.8) is 0 Å². The summed E-state index contributed by atoms with van der Waals surface area (Å²) >= 11 is 1.40. The van der Waals surface area contributed by atoms with Crippen LogP contribution in [0.15, 0.2) is 72.1 Å². The van der Waals surface area contributed by atoms with E-state index in [-0.39, 0.29) is 11.8 Å². The normalized spacial score (nSPS) is 14.3. The standard InChI is InChI=1S/C24H26N4O2S/c29-23(19-8-10-20(11-9-19)26-24(30)22-7-4-18-31-22)25-12-13-27-14-16-28(17-15-27)21-5-2-1-3-6-21/h1-11,18H,12-17H2,(H,25,29)(H,26,30). The zero-order valence-corrected chi connectivity index (χ0v) is 18.1. The third-order valence-corrected chi connectivity index (χ3v) is 6.23. The van der Waals surface area contributed by atoms with Crippen molar-refractivity contribution in [2.24, 2.45) is 0 Å². The number of rotatable bonds is 7. The van der Waals surface area contributed by atoms with Gasteiger partial charge < -0.3 is 15.5 Å². The topological polar surface area (TPSA) is 64.7 Å². The van der Waals surface area contributed by atoms with Crippen molar-refractivity contribution >= 4 is 34.5 Å². The highest BCUT2D eigenvalue weighted by atomic mass is 32.1. The summed E-state index contributed by atoms with van der Waals surface area (Å²) in [4.78, 5) is 30.0. The zero-order valence-electron chi connectivity index (χ0n) is 17.3. The SMILES string of the molecule is O=C(NCCN1CCN(c2ccccc2)CC1)c1ccc(NC(=O)c2cccs2)cc1. The molecule has 4 rings (SSSR count). The van der Waals surface area contributed by atoms with E-state index in [4.69, 9.17) is 0 Å². The summed E-state index contributed by atoms with van der Waals surface area (Å²) in [6.45, 7) is 5.42. The number of nitrogens with zero attached hydrogens (tertiary/aromatic N) is 2. The average molecular weight is 435 g/mol. The number of piperazine rings is 1. The van der Waals surface area contributed by atoms with Gasteiger partial charge in [-0.25, -0.2) is 0 Å². The smallest absolute Gasteiger partial charge is 0.265 e. The van der Waals surface area contributed by atoms with Crippen LogP contribution in [0.4, 0.5) is 11.4 Å². The van der Waals surface area contributed by atoms with Crippen LogP contribution in [0.1, 0.15) is 20.0 Å². The Morgan fingerprint density at radius 1 is 0.839 bits per heavy atom. The first kappa shape index (κ1) is 21.1. The molecule has 2 aromatic carbocycles. The first-order chi connectivity index (χ1) is 15.2. The van der Waals surface area contributed by atoms with E-state index >= 15 is 0 Å². The van der Waals surface area contributed by atoms with E-state index in [1.54, 1.807) is 30.3 Å². The minimum Gasteiger partial charge on any atom is -0.369 e. The molecule has 2 heterocycles. The number of amides is 2. The van der Waals surface area contributed by atoms with Crippen molar-refractivity contribution in [1.29, 1.82) is 0 Å². The van der Waals surface area contributed by atoms with Crippen LogP contribution >= 0.6 is 11.3 Å². The second kappa shape index (κ2) is 10.2. The van der Waals surface area contributed by atoms with E-state index in [9.17, 15) is 9.59 Å². The maximum Gasteiger partial charge on any atom is 0.265 e. The lowest BCUT2D eigenvalue weighted by Gasteiger charge is -2.36. The molecule has 0 spiro atoms. The molecule has 1 fully saturated rings. The molecule has 7 heteroatoms. The number of carbonyl (C=O) groups excluding carboxylic acids is 2. The van der Waals surface area contributed by atoms with Crippen molar-refractivity contribution in [1.82, 2.24) is 10.2 Å². The lowest BCUT2D eigenvalue weighted by atomic mass is 10.2. The zero-order chi connectivity index (χ0) is 21.5. The molecule has 0 saturated carbocycles. The van der Waals surface area contributed by atoms with E-state index in [1.165, 1.54) is 17.0 Å². The van der Waals surface area contributed by atoms with Crippen molar-refractivity contribution in [3.05, 3.63) is 82.6 Å². The minimum atomic E-state index is -0.139. The highest BCUT2D eigenvalue weighted by molar-refractivity contribution is 7.12. The van der Waals surface area contributed by atoms with E-state index in [0.29, 0.717) is 22.7 Å². The van der Waals surface area contributed by atoms with Crippen LogP contribution in [0, 0.1) is 0 Å². The van der Waals surface area contributed by atoms with Crippen LogP contribution in [-0.4, -0.2) is 56.0 Å². The quantitative estimate of drug-likeness (QED) is 0.597. The molecular formula is C24H26N4O2S. The lowest BCUT2D eigenvalue weighted by molar-refractivity contribution is 0.0947. The molecule has 1 saturated heterocycles. The van der Waals surface area contributed by atoms with Gasteiger partial charge in [-0.1, -0.05) is 24.3 Å². The number of hydrogen-bond acceptors (Lipinski definition) is 5. The maximum absolute atomic E-state index is 12.4. The number of carbonyl (C=O) groups is 2. The number of hydrogen-bond donors (Lipinski definition) is 2. The van der Waals surface area contributed by atoms with Gasteiger partial charge >= 0.3 is 0 Å². The number of anilines is 2. The van der Waals surface area contributed by atoms with Gasteiger partial charge in [0.15, 0.2) is 0 Å². The highest BCUT2D eigenvalue weighted by Crippen LogP contribution is 2.16. The van der Waals surface area contributed by atoms with E-state index in [1.807, 2.05) is 17.5 Å². The average Bonchev–Trinajstić information content (AvgIpc) is 3.36. The van der Waals surface area contributed by atoms with Crippen LogP contribution in [0.3, 0.4) is 0 Å². The van der Waals surface area contributed by atoms with Gasteiger partial charge in [-0.05, 0) is 47.8 Å². The molecule has 0 atom stereocenters. The third-order valence-electron chi connectivity index (χ3n) is 5.36. The molecule has 1 aliphatic rings. The van der Waals surface area contributed by atoms with Crippen molar-refractivity contribution in [2.45, 2.75) is 0 Å². The molecule has 31 heavy (non-hydrogen) atoms. The largest absolute Gasteiger partial charge is 0.369 e. The summed E-state index contributed by atoms with van der Waals surface area (Å²) in [5.74, 6) is -0.237. The maximum atomic E-state index is 12.4. The van der Waals surface area contributed by atoms with Crippen LogP contribution in [0.25, 0.3) is 0 Å². The van der Waals surface area contributed by atoms with Crippen LogP contribution in [0.5, 0.6) is 0 Å². The predicted molar refractivity (Wildman–Crippen MR) is 126 cm³/mol. The molecule has 1 aliphatic heterocycles. The van der Waals surface area contributed by atoms with Gasteiger partial charge in [0.2, 0.25) is 0 Å². The molecule has 1 aromatic heterocycles. The van der Waals surface area contributed by atoms with Gasteiger partial charge in [-0.2, -0.15) is 0 Å². The summed E-state index contributed by atoms with van der Waals surface area (Å²) in [6, 6.07) is 21.1. The van der Waals surface area contributed by atoms with Gasteiger partial charge in [-0.3, -0.25) is 14.5 Å². The summed E-state index contributed by atoms with van der Waals surface area (Å²) in [5, 5.41) is 7.70. The Morgan fingerprint density at radius 3 is 2.26 bits per heavy atom. The van der Waals surface area contributed by atoms with Gasteiger partial charge in [0.25, 0.3) is 11.8 Å². The molecule has 0 unspecified atom stereocenters. The molecule has 0 bridgehead atoms. The molecule has 0 radical (unpaired) electrons. The number of para-hydroxylation sites is 1. The van der Waals surface area contributed by atoms with Crippen molar-refractivity contribution in [3.8, 4) is 0 Å². The van der Waals surface area contributed by atoms with Crippen LogP contribution < -0.4 is 15.5 Å². The number of nitrogens with one attached hydrogen (secondary N) is 2. The monoisotopic (exact) mass is 434 g/mol. The number of benzene rings is 2. The van der Waals surface area contributed by atoms with Crippen molar-refractivity contribution in [2.75, 3.05) is 49.5 Å². The lowest BCUT2D eigenvalue weighted by Crippen LogP contribution is -2.48. The Bertz CT molecular complexity index is 982. The fraction of sp³-hybridized carbons (Fsp3) is 0.250. The predicted octanol–water partition coefficient (Wildman–Crippen LogP) is 3.55. The fourth-order valence-electron chi connectivity index (χ4n) is 3.60. The Morgan fingerprint density at radius 2 is 1.58 bits per heavy atom. The van der Waals surface area contributed by atoms with Gasteiger partial charge in [-0.15, -0.1) is 11.3 Å². The fourth-order valence-corrected chi connectivity index (χ4v) is 4.22. The Kier molecular flexibility index (Phi) is 6.96. The Balaban J connectivity index is 1.18. The third kappa shape index (κ3) is 5.71. The summed E-state index contributed by atoms with van der Waals surface area (Å²) in [6.07, 6.45) is 0. The van der Waals surface area contributed by atoms with Gasteiger partial charge in [0.05, 0.1) is 4.88 Å². The summed E-state index contributed by atoms with van der Waals surface area (Å²) in [7, 11) is 0. The van der Waals surface area contributed by atoms with E-state index in [0.717, 1.165) is 32.7 Å². The molecular weight excluding hydrogens is 408 g/mol. The Labute approximate surface area is 186 Å². The molecule has 160 valence electrons. The second-order valence-corrected chi connectivity index (χ2v) is 8.38.